The van der Waals surface area contributed by atoms with E-state index in [-0.39, 0.29) is 5.91 Å². The fourth-order valence-corrected chi connectivity index (χ4v) is 3.42. The Morgan fingerprint density at radius 2 is 1.62 bits per heavy atom. The average molecular weight is 378 g/mol. The lowest BCUT2D eigenvalue weighted by Gasteiger charge is -2.07. The van der Waals surface area contributed by atoms with E-state index >= 15 is 0 Å². The number of hydrogen-bond acceptors (Lipinski definition) is 2. The number of rotatable bonds is 4. The lowest BCUT2D eigenvalue weighted by atomic mass is 10.1. The maximum Gasteiger partial charge on any atom is 0.272 e. The van der Waals surface area contributed by atoms with Crippen LogP contribution >= 0.6 is 0 Å². The Kier molecular flexibility index (Phi) is 4.18. The first-order valence-electron chi connectivity index (χ1n) is 9.37. The SMILES string of the molecule is O=C(Nc1ccccc1C=Cc1n[nH]c2ccccc12)c1cc2ccccc2[nH]1. The van der Waals surface area contributed by atoms with Crippen LogP contribution in [0.15, 0.2) is 78.9 Å². The van der Waals surface area contributed by atoms with E-state index in [4.69, 9.17) is 0 Å². The Balaban J connectivity index is 1.42. The van der Waals surface area contributed by atoms with Crippen LogP contribution in [-0.4, -0.2) is 21.1 Å². The van der Waals surface area contributed by atoms with Gasteiger partial charge in [-0.15, -0.1) is 0 Å². The summed E-state index contributed by atoms with van der Waals surface area (Å²) in [5, 5.41) is 12.5. The number of H-pyrrole nitrogens is 2. The Bertz CT molecular complexity index is 1330. The number of anilines is 1. The van der Waals surface area contributed by atoms with Gasteiger partial charge in [0.1, 0.15) is 5.69 Å². The summed E-state index contributed by atoms with van der Waals surface area (Å²) in [5.41, 5.74) is 4.97. The maximum absolute atomic E-state index is 12.8. The summed E-state index contributed by atoms with van der Waals surface area (Å²) in [6.07, 6.45) is 3.91. The molecule has 0 saturated carbocycles. The Labute approximate surface area is 167 Å². The Hall–Kier alpha value is -4.12. The van der Waals surface area contributed by atoms with Gasteiger partial charge in [0.2, 0.25) is 0 Å². The summed E-state index contributed by atoms with van der Waals surface area (Å²) >= 11 is 0. The Morgan fingerprint density at radius 3 is 2.52 bits per heavy atom. The number of carbonyl (C=O) groups excluding carboxylic acids is 1. The molecule has 0 bridgehead atoms. The molecule has 0 aliphatic carbocycles. The van der Waals surface area contributed by atoms with Crippen LogP contribution in [0.4, 0.5) is 5.69 Å². The predicted octanol–water partition coefficient (Wildman–Crippen LogP) is 5.47. The minimum Gasteiger partial charge on any atom is -0.351 e. The van der Waals surface area contributed by atoms with Crippen LogP contribution in [0.5, 0.6) is 0 Å². The second-order valence-electron chi connectivity index (χ2n) is 6.80. The fraction of sp³-hybridized carbons (Fsp3) is 0. The van der Waals surface area contributed by atoms with E-state index < -0.39 is 0 Å². The predicted molar refractivity (Wildman–Crippen MR) is 118 cm³/mol. The van der Waals surface area contributed by atoms with Crippen LogP contribution in [0.2, 0.25) is 0 Å². The van der Waals surface area contributed by atoms with Gasteiger partial charge in [-0.05, 0) is 35.9 Å². The highest BCUT2D eigenvalue weighted by atomic mass is 16.1. The molecule has 0 saturated heterocycles. The van der Waals surface area contributed by atoms with Crippen molar-refractivity contribution in [2.24, 2.45) is 0 Å². The summed E-state index contributed by atoms with van der Waals surface area (Å²) in [4.78, 5) is 15.9. The third-order valence-corrected chi connectivity index (χ3v) is 4.90. The number of carbonyl (C=O) groups is 1. The number of nitrogens with one attached hydrogen (secondary N) is 3. The van der Waals surface area contributed by atoms with Gasteiger partial charge in [-0.25, -0.2) is 0 Å². The molecule has 0 aliphatic rings. The van der Waals surface area contributed by atoms with Gasteiger partial charge in [0, 0.05) is 22.0 Å². The van der Waals surface area contributed by atoms with Crippen molar-refractivity contribution in [2.45, 2.75) is 0 Å². The largest absolute Gasteiger partial charge is 0.351 e. The van der Waals surface area contributed by atoms with Crippen molar-refractivity contribution in [3.8, 4) is 0 Å². The van der Waals surface area contributed by atoms with Crippen LogP contribution in [-0.2, 0) is 0 Å². The van der Waals surface area contributed by atoms with Crippen molar-refractivity contribution in [3.63, 3.8) is 0 Å². The van der Waals surface area contributed by atoms with Gasteiger partial charge in [-0.2, -0.15) is 5.10 Å². The summed E-state index contributed by atoms with van der Waals surface area (Å²) in [6.45, 7) is 0. The van der Waals surface area contributed by atoms with Crippen molar-refractivity contribution in [1.29, 1.82) is 0 Å². The van der Waals surface area contributed by atoms with Gasteiger partial charge in [0.05, 0.1) is 11.2 Å². The topological polar surface area (TPSA) is 73.6 Å². The highest BCUT2D eigenvalue weighted by Crippen LogP contribution is 2.22. The number of fused-ring (bicyclic) bond motifs is 2. The molecule has 1 amide bonds. The normalized spacial score (nSPS) is 11.4. The molecule has 5 aromatic rings. The quantitative estimate of drug-likeness (QED) is 0.388. The fourth-order valence-electron chi connectivity index (χ4n) is 3.42. The van der Waals surface area contributed by atoms with Crippen LogP contribution in [0.25, 0.3) is 34.0 Å². The molecule has 3 aromatic carbocycles. The van der Waals surface area contributed by atoms with Gasteiger partial charge in [0.25, 0.3) is 5.91 Å². The number of amides is 1. The molecular formula is C24H18N4O. The average Bonchev–Trinajstić information content (AvgIpc) is 3.37. The molecule has 5 nitrogen and oxygen atoms in total. The zero-order chi connectivity index (χ0) is 19.6. The van der Waals surface area contributed by atoms with Gasteiger partial charge >= 0.3 is 0 Å². The summed E-state index contributed by atoms with van der Waals surface area (Å²) in [6, 6.07) is 25.4. The van der Waals surface area contributed by atoms with Crippen molar-refractivity contribution in [3.05, 3.63) is 95.8 Å². The third kappa shape index (κ3) is 3.30. The minimum absolute atomic E-state index is 0.174. The van der Waals surface area contributed by atoms with Crippen molar-refractivity contribution in [1.82, 2.24) is 15.2 Å². The zero-order valence-corrected chi connectivity index (χ0v) is 15.5. The summed E-state index contributed by atoms with van der Waals surface area (Å²) in [7, 11) is 0. The minimum atomic E-state index is -0.174. The number of nitrogens with zero attached hydrogens (tertiary/aromatic N) is 1. The lowest BCUT2D eigenvalue weighted by Crippen LogP contribution is -2.12. The van der Waals surface area contributed by atoms with Crippen molar-refractivity contribution < 1.29 is 4.79 Å². The molecule has 2 heterocycles. The molecule has 0 spiro atoms. The van der Waals surface area contributed by atoms with Gasteiger partial charge in [-0.3, -0.25) is 9.89 Å². The van der Waals surface area contributed by atoms with Crippen molar-refractivity contribution >= 4 is 45.6 Å². The van der Waals surface area contributed by atoms with Crippen molar-refractivity contribution in [2.75, 3.05) is 5.32 Å². The molecule has 0 radical (unpaired) electrons. The first kappa shape index (κ1) is 17.0. The van der Waals surface area contributed by atoms with E-state index in [0.29, 0.717) is 5.69 Å². The maximum atomic E-state index is 12.8. The number of aromatic amines is 2. The summed E-state index contributed by atoms with van der Waals surface area (Å²) < 4.78 is 0. The molecule has 0 fully saturated rings. The lowest BCUT2D eigenvalue weighted by molar-refractivity contribution is 0.102. The van der Waals surface area contributed by atoms with Gasteiger partial charge < -0.3 is 10.3 Å². The van der Waals surface area contributed by atoms with E-state index in [1.165, 1.54) is 0 Å². The van der Waals surface area contributed by atoms with Crippen LogP contribution in [0.3, 0.4) is 0 Å². The monoisotopic (exact) mass is 378 g/mol. The molecule has 140 valence electrons. The molecule has 5 heteroatoms. The molecule has 0 atom stereocenters. The number of hydrogen-bond donors (Lipinski definition) is 3. The number of aromatic nitrogens is 3. The smallest absolute Gasteiger partial charge is 0.272 e. The van der Waals surface area contributed by atoms with E-state index in [2.05, 4.69) is 20.5 Å². The van der Waals surface area contributed by atoms with Gasteiger partial charge in [-0.1, -0.05) is 60.7 Å². The standard InChI is InChI=1S/C24H18N4O/c29-24(23-15-17-8-2-5-11-20(17)25-23)26-19-10-4-1-7-16(19)13-14-22-18-9-3-6-12-21(18)27-28-22/h1-15,25H,(H,26,29)(H,27,28). The van der Waals surface area contributed by atoms with Gasteiger partial charge in [0.15, 0.2) is 0 Å². The molecular weight excluding hydrogens is 360 g/mol. The molecule has 0 aliphatic heterocycles. The van der Waals surface area contributed by atoms with Crippen LogP contribution < -0.4 is 5.32 Å². The Morgan fingerprint density at radius 1 is 0.862 bits per heavy atom. The molecule has 5 rings (SSSR count). The molecule has 2 aromatic heterocycles. The molecule has 29 heavy (non-hydrogen) atoms. The van der Waals surface area contributed by atoms with E-state index in [1.54, 1.807) is 0 Å². The highest BCUT2D eigenvalue weighted by Gasteiger charge is 2.11. The van der Waals surface area contributed by atoms with Crippen LogP contribution in [0, 0.1) is 0 Å². The summed E-state index contributed by atoms with van der Waals surface area (Å²) in [5.74, 6) is -0.174. The first-order valence-corrected chi connectivity index (χ1v) is 9.37. The molecule has 3 N–H and O–H groups in total. The van der Waals surface area contributed by atoms with E-state index in [9.17, 15) is 4.79 Å². The van der Waals surface area contributed by atoms with Crippen LogP contribution in [0.1, 0.15) is 21.7 Å². The first-order chi connectivity index (χ1) is 14.3. The highest BCUT2D eigenvalue weighted by molar-refractivity contribution is 6.07. The van der Waals surface area contributed by atoms with E-state index in [1.807, 2.05) is 91.0 Å². The number of para-hydroxylation sites is 3. The second-order valence-corrected chi connectivity index (χ2v) is 6.80. The van der Waals surface area contributed by atoms with E-state index in [0.717, 1.165) is 38.8 Å². The number of benzene rings is 3. The third-order valence-electron chi connectivity index (χ3n) is 4.90. The molecule has 0 unspecified atom stereocenters. The zero-order valence-electron chi connectivity index (χ0n) is 15.5. The second kappa shape index (κ2) is 7.13.